The molecule has 0 atom stereocenters. The molecule has 0 unspecified atom stereocenters. The number of amides is 1. The minimum Gasteiger partial charge on any atom is -0.381 e. The molecule has 27 heavy (non-hydrogen) atoms. The number of hydrogen-bond acceptors (Lipinski definition) is 5. The normalized spacial score (nSPS) is 20.7. The van der Waals surface area contributed by atoms with Gasteiger partial charge in [0.05, 0.1) is 10.3 Å². The Labute approximate surface area is 167 Å². The minimum atomic E-state index is -3.52. The number of hydrogen-bond donors (Lipinski definition) is 2. The number of halogens is 1. The van der Waals surface area contributed by atoms with E-state index in [1.165, 1.54) is 0 Å². The number of likely N-dealkylation sites (tertiary alicyclic amines) is 1. The first-order valence-corrected chi connectivity index (χ1v) is 10.6. The van der Waals surface area contributed by atoms with Gasteiger partial charge in [0, 0.05) is 38.9 Å². The zero-order chi connectivity index (χ0) is 18.6. The van der Waals surface area contributed by atoms with Crippen LogP contribution in [0.15, 0.2) is 35.2 Å². The summed E-state index contributed by atoms with van der Waals surface area (Å²) in [6.45, 7) is 2.55. The number of nitrogens with zero attached hydrogens (tertiary/aromatic N) is 1. The van der Waals surface area contributed by atoms with E-state index >= 15 is 0 Å². The van der Waals surface area contributed by atoms with E-state index in [9.17, 15) is 13.2 Å². The molecule has 3 N–H and O–H groups in total. The lowest BCUT2D eigenvalue weighted by molar-refractivity contribution is -0.148. The van der Waals surface area contributed by atoms with Crippen molar-refractivity contribution < 1.29 is 17.9 Å². The zero-order valence-corrected chi connectivity index (χ0v) is 16.9. The first-order valence-electron chi connectivity index (χ1n) is 9.11. The molecule has 0 spiro atoms. The molecular weight excluding hydrogens is 390 g/mol. The van der Waals surface area contributed by atoms with Crippen molar-refractivity contribution in [3.63, 3.8) is 0 Å². The molecule has 152 valence electrons. The van der Waals surface area contributed by atoms with Gasteiger partial charge in [0.15, 0.2) is 0 Å². The van der Waals surface area contributed by atoms with Crippen molar-refractivity contribution in [2.24, 2.45) is 11.1 Å². The molecule has 1 amide bonds. The van der Waals surface area contributed by atoms with Gasteiger partial charge >= 0.3 is 0 Å². The van der Waals surface area contributed by atoms with Gasteiger partial charge in [0.2, 0.25) is 15.9 Å². The molecular formula is C18H28ClN3O4S. The number of nitrogens with two attached hydrogens (primary N) is 1. The van der Waals surface area contributed by atoms with Crippen molar-refractivity contribution in [3.8, 4) is 0 Å². The standard InChI is InChI=1S/C18H27N3O4S.ClH/c19-14-18(8-12-25-13-9-18)17(22)21-10-6-15(7-11-21)20-26(23,24)16-4-2-1-3-5-16;/h1-5,15,20H,6-14,19H2;1H. The lowest BCUT2D eigenvalue weighted by Gasteiger charge is -2.41. The second-order valence-corrected chi connectivity index (χ2v) is 8.81. The molecule has 2 heterocycles. The fraction of sp³-hybridized carbons (Fsp3) is 0.611. The van der Waals surface area contributed by atoms with E-state index in [4.69, 9.17) is 10.5 Å². The van der Waals surface area contributed by atoms with E-state index < -0.39 is 15.4 Å². The summed E-state index contributed by atoms with van der Waals surface area (Å²) in [5.41, 5.74) is 5.41. The van der Waals surface area contributed by atoms with Crippen molar-refractivity contribution in [2.45, 2.75) is 36.6 Å². The minimum absolute atomic E-state index is 0. The van der Waals surface area contributed by atoms with Crippen LogP contribution < -0.4 is 10.5 Å². The number of sulfonamides is 1. The van der Waals surface area contributed by atoms with Crippen molar-refractivity contribution in [1.29, 1.82) is 0 Å². The van der Waals surface area contributed by atoms with Gasteiger partial charge in [-0.2, -0.15) is 0 Å². The Hall–Kier alpha value is -1.19. The van der Waals surface area contributed by atoms with Crippen LogP contribution in [0, 0.1) is 5.41 Å². The quantitative estimate of drug-likeness (QED) is 0.747. The molecule has 2 saturated heterocycles. The molecule has 3 rings (SSSR count). The Morgan fingerprint density at radius 1 is 1.19 bits per heavy atom. The summed E-state index contributed by atoms with van der Waals surface area (Å²) in [6, 6.07) is 8.19. The number of piperidine rings is 1. The van der Waals surface area contributed by atoms with Gasteiger partial charge < -0.3 is 15.4 Å². The topological polar surface area (TPSA) is 102 Å². The summed E-state index contributed by atoms with van der Waals surface area (Å²) >= 11 is 0. The zero-order valence-electron chi connectivity index (χ0n) is 15.3. The maximum Gasteiger partial charge on any atom is 0.240 e. The second-order valence-electron chi connectivity index (χ2n) is 7.10. The summed E-state index contributed by atoms with van der Waals surface area (Å²) in [5, 5.41) is 0. The van der Waals surface area contributed by atoms with Crippen LogP contribution in [-0.4, -0.2) is 58.1 Å². The molecule has 9 heteroatoms. The Bertz CT molecular complexity index is 715. The molecule has 1 aromatic rings. The third kappa shape index (κ3) is 5.00. The average Bonchev–Trinajstić information content (AvgIpc) is 2.69. The summed E-state index contributed by atoms with van der Waals surface area (Å²) < 4.78 is 33.0. The third-order valence-electron chi connectivity index (χ3n) is 5.45. The molecule has 0 radical (unpaired) electrons. The molecule has 0 aliphatic carbocycles. The summed E-state index contributed by atoms with van der Waals surface area (Å²) in [5.74, 6) is 0.0904. The highest BCUT2D eigenvalue weighted by molar-refractivity contribution is 7.89. The van der Waals surface area contributed by atoms with Crippen LogP contribution in [0.5, 0.6) is 0 Å². The van der Waals surface area contributed by atoms with Crippen molar-refractivity contribution in [1.82, 2.24) is 9.62 Å². The predicted octanol–water partition coefficient (Wildman–Crippen LogP) is 1.13. The van der Waals surface area contributed by atoms with Crippen molar-refractivity contribution in [3.05, 3.63) is 30.3 Å². The van der Waals surface area contributed by atoms with Crippen LogP contribution in [-0.2, 0) is 19.6 Å². The first-order chi connectivity index (χ1) is 12.5. The van der Waals surface area contributed by atoms with Gasteiger partial charge in [-0.15, -0.1) is 12.4 Å². The van der Waals surface area contributed by atoms with Gasteiger partial charge in [0.1, 0.15) is 0 Å². The molecule has 0 aromatic heterocycles. The van der Waals surface area contributed by atoms with Gasteiger partial charge in [-0.1, -0.05) is 18.2 Å². The van der Waals surface area contributed by atoms with Gasteiger partial charge in [-0.05, 0) is 37.8 Å². The molecule has 7 nitrogen and oxygen atoms in total. The average molecular weight is 418 g/mol. The Balaban J connectivity index is 0.00000261. The van der Waals surface area contributed by atoms with Crippen LogP contribution in [0.25, 0.3) is 0 Å². The van der Waals surface area contributed by atoms with Gasteiger partial charge in [-0.3, -0.25) is 4.79 Å². The summed E-state index contributed by atoms with van der Waals surface area (Å²) in [4.78, 5) is 15.1. The Morgan fingerprint density at radius 3 is 2.33 bits per heavy atom. The SMILES string of the molecule is Cl.NCC1(C(=O)N2CCC(NS(=O)(=O)c3ccccc3)CC2)CCOCC1. The number of carbonyl (C=O) groups is 1. The lowest BCUT2D eigenvalue weighted by Crippen LogP contribution is -2.54. The highest BCUT2D eigenvalue weighted by Gasteiger charge is 2.42. The monoisotopic (exact) mass is 417 g/mol. The Kier molecular flexibility index (Phi) is 7.64. The Morgan fingerprint density at radius 2 is 1.78 bits per heavy atom. The second kappa shape index (κ2) is 9.34. The summed E-state index contributed by atoms with van der Waals surface area (Å²) in [7, 11) is -3.52. The number of carbonyl (C=O) groups excluding carboxylic acids is 1. The van der Waals surface area contributed by atoms with E-state index in [0.29, 0.717) is 58.5 Å². The third-order valence-corrected chi connectivity index (χ3v) is 6.99. The van der Waals surface area contributed by atoms with Crippen molar-refractivity contribution in [2.75, 3.05) is 32.8 Å². The van der Waals surface area contributed by atoms with E-state index in [1.54, 1.807) is 30.3 Å². The summed E-state index contributed by atoms with van der Waals surface area (Å²) in [6.07, 6.45) is 2.52. The van der Waals surface area contributed by atoms with Crippen molar-refractivity contribution >= 4 is 28.3 Å². The highest BCUT2D eigenvalue weighted by atomic mass is 35.5. The largest absolute Gasteiger partial charge is 0.381 e. The number of rotatable bonds is 5. The predicted molar refractivity (Wildman–Crippen MR) is 105 cm³/mol. The van der Waals surface area contributed by atoms with Crippen LogP contribution in [0.1, 0.15) is 25.7 Å². The molecule has 2 fully saturated rings. The fourth-order valence-electron chi connectivity index (χ4n) is 3.69. The number of benzene rings is 1. The van der Waals surface area contributed by atoms with Gasteiger partial charge in [-0.25, -0.2) is 13.1 Å². The van der Waals surface area contributed by atoms with E-state index in [2.05, 4.69) is 4.72 Å². The smallest absolute Gasteiger partial charge is 0.240 e. The van der Waals surface area contributed by atoms with Crippen LogP contribution in [0.4, 0.5) is 0 Å². The maximum atomic E-state index is 13.0. The lowest BCUT2D eigenvalue weighted by atomic mass is 9.78. The molecule has 1 aromatic carbocycles. The van der Waals surface area contributed by atoms with Crippen LogP contribution in [0.2, 0.25) is 0 Å². The van der Waals surface area contributed by atoms with E-state index in [0.717, 1.165) is 0 Å². The van der Waals surface area contributed by atoms with E-state index in [1.807, 2.05) is 4.90 Å². The van der Waals surface area contributed by atoms with Gasteiger partial charge in [0.25, 0.3) is 0 Å². The number of nitrogens with one attached hydrogen (secondary N) is 1. The van der Waals surface area contributed by atoms with Crippen LogP contribution >= 0.6 is 12.4 Å². The highest BCUT2D eigenvalue weighted by Crippen LogP contribution is 2.32. The number of ether oxygens (including phenoxy) is 1. The fourth-order valence-corrected chi connectivity index (χ4v) is 5.02. The maximum absolute atomic E-state index is 13.0. The van der Waals surface area contributed by atoms with Crippen LogP contribution in [0.3, 0.4) is 0 Å². The molecule has 2 aliphatic rings. The van der Waals surface area contributed by atoms with E-state index in [-0.39, 0.29) is 29.3 Å². The molecule has 0 saturated carbocycles. The molecule has 0 bridgehead atoms. The molecule has 2 aliphatic heterocycles. The first kappa shape index (κ1) is 22.1.